The van der Waals surface area contributed by atoms with E-state index in [9.17, 15) is 29.4 Å². The Morgan fingerprint density at radius 3 is 1.50 bits per heavy atom. The van der Waals surface area contributed by atoms with Crippen molar-refractivity contribution in [3.8, 4) is 0 Å². The summed E-state index contributed by atoms with van der Waals surface area (Å²) in [6.45, 7) is -0.418. The average Bonchev–Trinajstić information content (AvgIpc) is 3.49. The highest BCUT2D eigenvalue weighted by atomic mass is 33.1. The summed E-state index contributed by atoms with van der Waals surface area (Å²) in [6, 6.07) is 2.51. The van der Waals surface area contributed by atoms with Crippen LogP contribution in [0.25, 0.3) is 0 Å². The maximum absolute atomic E-state index is 12.2. The van der Waals surface area contributed by atoms with E-state index in [1.807, 2.05) is 0 Å². The molecule has 4 rings (SSSR count). The van der Waals surface area contributed by atoms with Gasteiger partial charge in [0.2, 0.25) is 0 Å². The van der Waals surface area contributed by atoms with Crippen LogP contribution in [-0.2, 0) is 9.47 Å². The topological polar surface area (TPSA) is 169 Å². The number of hydrogen-bond donors (Lipinski definition) is 4. The predicted octanol–water partition coefficient (Wildman–Crippen LogP) is 0.482. The first-order chi connectivity index (χ1) is 18.4. The average molecular weight is 603 g/mol. The predicted molar refractivity (Wildman–Crippen MR) is 151 cm³/mol. The zero-order chi connectivity index (χ0) is 27.1. The lowest BCUT2D eigenvalue weighted by molar-refractivity contribution is -0.0116. The lowest BCUT2D eigenvalue weighted by Gasteiger charge is -2.18. The van der Waals surface area contributed by atoms with Crippen molar-refractivity contribution < 1.29 is 19.7 Å². The molecule has 2 aliphatic heterocycles. The first kappa shape index (κ1) is 29.1. The van der Waals surface area contributed by atoms with E-state index >= 15 is 0 Å². The van der Waals surface area contributed by atoms with Gasteiger partial charge in [0.25, 0.3) is 11.1 Å². The normalized spacial score (nSPS) is 23.0. The van der Waals surface area contributed by atoms with E-state index in [4.69, 9.17) is 9.47 Å². The van der Waals surface area contributed by atoms with Crippen molar-refractivity contribution in [2.75, 3.05) is 36.2 Å². The molecule has 0 fully saturated rings. The van der Waals surface area contributed by atoms with Gasteiger partial charge in [-0.15, -0.1) is 23.5 Å². The van der Waals surface area contributed by atoms with Crippen molar-refractivity contribution in [1.29, 1.82) is 0 Å². The molecule has 38 heavy (non-hydrogen) atoms. The Kier molecular flexibility index (Phi) is 10.7. The summed E-state index contributed by atoms with van der Waals surface area (Å²) in [6.07, 6.45) is 3.93. The van der Waals surface area contributed by atoms with Crippen LogP contribution >= 0.6 is 45.1 Å². The first-order valence-corrected chi connectivity index (χ1v) is 15.9. The van der Waals surface area contributed by atoms with Crippen molar-refractivity contribution in [3.63, 3.8) is 0 Å². The highest BCUT2D eigenvalue weighted by Gasteiger charge is 2.30. The van der Waals surface area contributed by atoms with Crippen LogP contribution in [0.2, 0.25) is 0 Å². The van der Waals surface area contributed by atoms with Gasteiger partial charge in [-0.3, -0.25) is 28.7 Å². The van der Waals surface area contributed by atoms with E-state index in [0.717, 1.165) is 32.8 Å². The second-order valence-corrected chi connectivity index (χ2v) is 13.0. The lowest BCUT2D eigenvalue weighted by Crippen LogP contribution is -2.32. The van der Waals surface area contributed by atoms with Gasteiger partial charge >= 0.3 is 11.4 Å². The van der Waals surface area contributed by atoms with E-state index in [2.05, 4.69) is 9.97 Å². The van der Waals surface area contributed by atoms with E-state index in [1.54, 1.807) is 33.7 Å². The number of ether oxygens (including phenoxy) is 2. The van der Waals surface area contributed by atoms with Crippen molar-refractivity contribution in [1.82, 2.24) is 19.1 Å². The quantitative estimate of drug-likeness (QED) is 0.185. The van der Waals surface area contributed by atoms with Crippen LogP contribution in [0.3, 0.4) is 0 Å². The van der Waals surface area contributed by atoms with Crippen LogP contribution < -0.4 is 22.5 Å². The largest absolute Gasteiger partial charge is 0.393 e. The van der Waals surface area contributed by atoms with E-state index < -0.39 is 47.2 Å². The van der Waals surface area contributed by atoms with Crippen molar-refractivity contribution in [2.45, 2.75) is 24.7 Å². The molecule has 4 N–H and O–H groups in total. The SMILES string of the molecule is O=c1ccn([C@@H]2O[C@H](CO)C=C2SCCSSCCSC2=C[C@@H](CO)O[C@H]2n2ccc(=O)[nH]c2=O)c(=O)[nH]1. The fourth-order valence-corrected chi connectivity index (χ4v) is 8.61. The number of aliphatic hydroxyl groups excluding tert-OH is 2. The summed E-state index contributed by atoms with van der Waals surface area (Å²) in [5, 5.41) is 19.0. The Bertz CT molecular complexity index is 1300. The minimum absolute atomic E-state index is 0.209. The molecule has 4 heterocycles. The molecule has 0 aromatic carbocycles. The second kappa shape index (κ2) is 13.9. The molecule has 0 amide bonds. The standard InChI is InChI=1S/C22H26N4O8S4/c27-11-13-9-15(19(33-13)25-3-1-17(29)23-21(25)31)35-5-7-37-38-8-6-36-16-10-14(12-28)34-20(16)26-4-2-18(30)24-22(26)32/h1-4,9-10,13-14,19-20,27-28H,5-8,11-12H2,(H,23,29,31)(H,24,30,32)/t13-,14-,19+,20+/m0/s1. The number of nitrogens with one attached hydrogen (secondary N) is 2. The monoisotopic (exact) mass is 602 g/mol. The van der Waals surface area contributed by atoms with Gasteiger partial charge in [0.1, 0.15) is 12.2 Å². The Balaban J connectivity index is 1.21. The molecule has 0 spiro atoms. The Morgan fingerprint density at radius 1 is 0.711 bits per heavy atom. The number of thioether (sulfide) groups is 2. The molecule has 0 saturated carbocycles. The molecule has 4 atom stereocenters. The molecule has 12 nitrogen and oxygen atoms in total. The fraction of sp³-hybridized carbons (Fsp3) is 0.455. The van der Waals surface area contributed by atoms with Gasteiger partial charge in [0, 0.05) is 57.3 Å². The smallest absolute Gasteiger partial charge is 0.330 e. The van der Waals surface area contributed by atoms with Crippen LogP contribution in [0.4, 0.5) is 0 Å². The van der Waals surface area contributed by atoms with Crippen LogP contribution in [0.15, 0.2) is 65.7 Å². The zero-order valence-electron chi connectivity index (χ0n) is 19.9. The number of aromatic nitrogens is 4. The van der Waals surface area contributed by atoms with Gasteiger partial charge in [-0.05, 0) is 12.2 Å². The maximum atomic E-state index is 12.2. The molecule has 2 aliphatic rings. The van der Waals surface area contributed by atoms with Gasteiger partial charge in [-0.2, -0.15) is 0 Å². The third-order valence-corrected chi connectivity index (χ3v) is 10.4. The zero-order valence-corrected chi connectivity index (χ0v) is 23.2. The van der Waals surface area contributed by atoms with Gasteiger partial charge in [-0.25, -0.2) is 9.59 Å². The van der Waals surface area contributed by atoms with Crippen molar-refractivity contribution in [3.05, 3.63) is 88.2 Å². The molecular weight excluding hydrogens is 577 g/mol. The first-order valence-electron chi connectivity index (χ1n) is 11.5. The third-order valence-electron chi connectivity index (χ3n) is 5.32. The molecule has 0 aliphatic carbocycles. The number of hydrogen-bond acceptors (Lipinski definition) is 12. The van der Waals surface area contributed by atoms with Crippen molar-refractivity contribution in [2.24, 2.45) is 0 Å². The van der Waals surface area contributed by atoms with Gasteiger partial charge in [-0.1, -0.05) is 21.6 Å². The molecule has 0 unspecified atom stereocenters. The summed E-state index contributed by atoms with van der Waals surface area (Å²) in [5.74, 6) is 3.15. The number of rotatable bonds is 13. The molecular formula is C22H26N4O8S4. The van der Waals surface area contributed by atoms with Crippen LogP contribution in [0.1, 0.15) is 12.5 Å². The van der Waals surface area contributed by atoms with Crippen LogP contribution in [0, 0.1) is 0 Å². The van der Waals surface area contributed by atoms with Crippen LogP contribution in [-0.4, -0.2) is 77.7 Å². The van der Waals surface area contributed by atoms with E-state index in [0.29, 0.717) is 0 Å². The Labute approximate surface area is 232 Å². The lowest BCUT2D eigenvalue weighted by atomic mass is 10.4. The number of aliphatic hydroxyl groups is 2. The van der Waals surface area contributed by atoms with Crippen molar-refractivity contribution >= 4 is 45.1 Å². The minimum Gasteiger partial charge on any atom is -0.393 e. The summed E-state index contributed by atoms with van der Waals surface area (Å²) >= 11 is 3.07. The number of nitrogens with zero attached hydrogens (tertiary/aromatic N) is 2. The summed E-state index contributed by atoms with van der Waals surface area (Å²) in [4.78, 5) is 53.1. The molecule has 2 aromatic heterocycles. The fourth-order valence-electron chi connectivity index (χ4n) is 3.64. The number of H-pyrrole nitrogens is 2. The van der Waals surface area contributed by atoms with E-state index in [-0.39, 0.29) is 13.2 Å². The molecule has 0 saturated heterocycles. The van der Waals surface area contributed by atoms with Gasteiger partial charge < -0.3 is 19.7 Å². The summed E-state index contributed by atoms with van der Waals surface area (Å²) in [5.41, 5.74) is -2.12. The molecule has 16 heteroatoms. The maximum Gasteiger partial charge on any atom is 0.330 e. The minimum atomic E-state index is -0.692. The summed E-state index contributed by atoms with van der Waals surface area (Å²) in [7, 11) is 3.39. The number of aromatic amines is 2. The Hall–Kier alpha value is -1.92. The highest BCUT2D eigenvalue weighted by Crippen LogP contribution is 2.38. The summed E-state index contributed by atoms with van der Waals surface area (Å²) < 4.78 is 14.1. The Morgan fingerprint density at radius 2 is 1.13 bits per heavy atom. The highest BCUT2D eigenvalue weighted by molar-refractivity contribution is 8.76. The molecule has 2 aromatic rings. The van der Waals surface area contributed by atoms with Gasteiger partial charge in [0.05, 0.1) is 13.2 Å². The van der Waals surface area contributed by atoms with Crippen LogP contribution in [0.5, 0.6) is 0 Å². The van der Waals surface area contributed by atoms with Gasteiger partial charge in [0.15, 0.2) is 12.5 Å². The van der Waals surface area contributed by atoms with E-state index in [1.165, 1.54) is 57.2 Å². The molecule has 206 valence electrons. The molecule has 0 bridgehead atoms. The third kappa shape index (κ3) is 7.38. The molecule has 0 radical (unpaired) electrons. The second-order valence-electron chi connectivity index (χ2n) is 7.93.